The Bertz CT molecular complexity index is 673. The van der Waals surface area contributed by atoms with Gasteiger partial charge in [0.2, 0.25) is 0 Å². The minimum Gasteiger partial charge on any atom is -0.349 e. The number of hydrogen-bond donors (Lipinski definition) is 2. The van der Waals surface area contributed by atoms with Crippen LogP contribution in [0.5, 0.6) is 0 Å². The van der Waals surface area contributed by atoms with E-state index >= 15 is 0 Å². The molecule has 3 aromatic rings. The maximum Gasteiger partial charge on any atom is 0.107 e. The second kappa shape index (κ2) is 6.11. The van der Waals surface area contributed by atoms with Crippen LogP contribution in [-0.4, -0.2) is 16.5 Å². The van der Waals surface area contributed by atoms with Crippen LogP contribution < -0.4 is 5.32 Å². The predicted molar refractivity (Wildman–Crippen MR) is 84.0 cm³/mol. The molecule has 0 radical (unpaired) electrons. The zero-order valence-corrected chi connectivity index (χ0v) is 12.2. The van der Waals surface area contributed by atoms with E-state index < -0.39 is 0 Å². The lowest BCUT2D eigenvalue weighted by atomic mass is 10.3. The molecule has 2 N–H and O–H groups in total. The lowest BCUT2D eigenvalue weighted by Gasteiger charge is -2.07. The molecule has 0 unspecified atom stereocenters. The SMILES string of the molecule is CCNCc1cccnc1Sc1cc2ccccc2[nH]1. The Morgan fingerprint density at radius 3 is 2.95 bits per heavy atom. The summed E-state index contributed by atoms with van der Waals surface area (Å²) in [5, 5.41) is 6.77. The van der Waals surface area contributed by atoms with E-state index in [0.29, 0.717) is 0 Å². The Morgan fingerprint density at radius 2 is 2.10 bits per heavy atom. The van der Waals surface area contributed by atoms with E-state index in [1.54, 1.807) is 11.8 Å². The van der Waals surface area contributed by atoms with Crippen LogP contribution in [0.25, 0.3) is 10.9 Å². The van der Waals surface area contributed by atoms with Crippen LogP contribution in [0.2, 0.25) is 0 Å². The predicted octanol–water partition coefficient (Wildman–Crippen LogP) is 3.82. The first kappa shape index (κ1) is 13.2. The average Bonchev–Trinajstić information content (AvgIpc) is 2.88. The lowest BCUT2D eigenvalue weighted by molar-refractivity contribution is 0.711. The van der Waals surface area contributed by atoms with E-state index in [1.807, 2.05) is 18.3 Å². The van der Waals surface area contributed by atoms with Gasteiger partial charge in [-0.25, -0.2) is 4.98 Å². The maximum absolute atomic E-state index is 4.50. The number of aromatic amines is 1. The Balaban J connectivity index is 1.86. The van der Waals surface area contributed by atoms with E-state index in [-0.39, 0.29) is 0 Å². The monoisotopic (exact) mass is 283 g/mol. The number of nitrogens with one attached hydrogen (secondary N) is 2. The molecular formula is C16H17N3S. The van der Waals surface area contributed by atoms with Crippen molar-refractivity contribution in [1.82, 2.24) is 15.3 Å². The first-order valence-corrected chi connectivity index (χ1v) is 7.58. The maximum atomic E-state index is 4.50. The van der Waals surface area contributed by atoms with Gasteiger partial charge in [0.25, 0.3) is 0 Å². The quantitative estimate of drug-likeness (QED) is 0.748. The number of fused-ring (bicyclic) bond motifs is 1. The second-order valence-corrected chi connectivity index (χ2v) is 5.60. The second-order valence-electron chi connectivity index (χ2n) is 4.57. The zero-order valence-electron chi connectivity index (χ0n) is 11.4. The molecule has 0 atom stereocenters. The Hall–Kier alpha value is -1.78. The van der Waals surface area contributed by atoms with Crippen LogP contribution in [0.3, 0.4) is 0 Å². The van der Waals surface area contributed by atoms with Crippen molar-refractivity contribution in [3.05, 3.63) is 54.2 Å². The van der Waals surface area contributed by atoms with Gasteiger partial charge in [-0.15, -0.1) is 0 Å². The van der Waals surface area contributed by atoms with Gasteiger partial charge in [-0.2, -0.15) is 0 Å². The minimum atomic E-state index is 0.854. The van der Waals surface area contributed by atoms with Crippen molar-refractivity contribution in [2.45, 2.75) is 23.5 Å². The molecule has 0 amide bonds. The standard InChI is InChI=1S/C16H17N3S/c1-2-17-11-13-7-5-9-18-16(13)20-15-10-12-6-3-4-8-14(12)19-15/h3-10,17,19H,2,11H2,1H3. The summed E-state index contributed by atoms with van der Waals surface area (Å²) in [5.74, 6) is 0. The van der Waals surface area contributed by atoms with E-state index in [4.69, 9.17) is 0 Å². The highest BCUT2D eigenvalue weighted by Crippen LogP contribution is 2.30. The van der Waals surface area contributed by atoms with Crippen molar-refractivity contribution in [2.75, 3.05) is 6.54 Å². The molecule has 102 valence electrons. The highest BCUT2D eigenvalue weighted by molar-refractivity contribution is 7.99. The number of nitrogens with zero attached hydrogens (tertiary/aromatic N) is 1. The summed E-state index contributed by atoms with van der Waals surface area (Å²) < 4.78 is 0. The molecule has 3 nitrogen and oxygen atoms in total. The van der Waals surface area contributed by atoms with Crippen LogP contribution in [0.4, 0.5) is 0 Å². The summed E-state index contributed by atoms with van der Waals surface area (Å²) in [6, 6.07) is 14.6. The van der Waals surface area contributed by atoms with Crippen LogP contribution in [0, 0.1) is 0 Å². The molecular weight excluding hydrogens is 266 g/mol. The third-order valence-electron chi connectivity index (χ3n) is 3.13. The van der Waals surface area contributed by atoms with Gasteiger partial charge in [-0.3, -0.25) is 0 Å². The normalized spacial score (nSPS) is 11.1. The Kier molecular flexibility index (Phi) is 4.04. The zero-order chi connectivity index (χ0) is 13.8. The van der Waals surface area contributed by atoms with E-state index in [1.165, 1.54) is 16.5 Å². The smallest absolute Gasteiger partial charge is 0.107 e. The fourth-order valence-corrected chi connectivity index (χ4v) is 3.06. The Morgan fingerprint density at radius 1 is 1.20 bits per heavy atom. The molecule has 0 aliphatic rings. The van der Waals surface area contributed by atoms with Crippen molar-refractivity contribution >= 4 is 22.7 Å². The summed E-state index contributed by atoms with van der Waals surface area (Å²) in [4.78, 5) is 7.93. The third-order valence-corrected chi connectivity index (χ3v) is 4.13. The first-order chi connectivity index (χ1) is 9.86. The highest BCUT2D eigenvalue weighted by Gasteiger charge is 2.07. The molecule has 0 saturated heterocycles. The number of benzene rings is 1. The summed E-state index contributed by atoms with van der Waals surface area (Å²) in [6.45, 7) is 3.93. The van der Waals surface area contributed by atoms with Crippen LogP contribution >= 0.6 is 11.8 Å². The summed E-state index contributed by atoms with van der Waals surface area (Å²) in [5.41, 5.74) is 2.40. The van der Waals surface area contributed by atoms with Crippen molar-refractivity contribution in [1.29, 1.82) is 0 Å². The lowest BCUT2D eigenvalue weighted by Crippen LogP contribution is -2.12. The van der Waals surface area contributed by atoms with Crippen molar-refractivity contribution in [2.24, 2.45) is 0 Å². The molecule has 2 heterocycles. The number of para-hydroxylation sites is 1. The molecule has 20 heavy (non-hydrogen) atoms. The van der Waals surface area contributed by atoms with Gasteiger partial charge in [0.05, 0.1) is 5.03 Å². The molecule has 0 saturated carbocycles. The summed E-state index contributed by atoms with van der Waals surface area (Å²) in [6.07, 6.45) is 1.85. The van der Waals surface area contributed by atoms with Crippen molar-refractivity contribution in [3.63, 3.8) is 0 Å². The topological polar surface area (TPSA) is 40.7 Å². The minimum absolute atomic E-state index is 0.854. The molecule has 0 fully saturated rings. The molecule has 0 aliphatic heterocycles. The summed E-state index contributed by atoms with van der Waals surface area (Å²) in [7, 11) is 0. The van der Waals surface area contributed by atoms with Crippen LogP contribution in [0.15, 0.2) is 58.7 Å². The summed E-state index contributed by atoms with van der Waals surface area (Å²) >= 11 is 1.68. The van der Waals surface area contributed by atoms with E-state index in [0.717, 1.165) is 23.1 Å². The average molecular weight is 283 g/mol. The van der Waals surface area contributed by atoms with E-state index in [2.05, 4.69) is 52.5 Å². The molecule has 0 bridgehead atoms. The van der Waals surface area contributed by atoms with Crippen LogP contribution in [-0.2, 0) is 6.54 Å². The van der Waals surface area contributed by atoms with Gasteiger partial charge in [0, 0.05) is 23.6 Å². The van der Waals surface area contributed by atoms with Gasteiger partial charge >= 0.3 is 0 Å². The highest BCUT2D eigenvalue weighted by atomic mass is 32.2. The molecule has 1 aromatic carbocycles. The van der Waals surface area contributed by atoms with Gasteiger partial charge in [-0.1, -0.05) is 43.0 Å². The van der Waals surface area contributed by atoms with E-state index in [9.17, 15) is 0 Å². The van der Waals surface area contributed by atoms with Crippen molar-refractivity contribution in [3.8, 4) is 0 Å². The van der Waals surface area contributed by atoms with Gasteiger partial charge in [0.15, 0.2) is 0 Å². The van der Waals surface area contributed by atoms with Gasteiger partial charge in [0.1, 0.15) is 5.03 Å². The first-order valence-electron chi connectivity index (χ1n) is 6.77. The number of rotatable bonds is 5. The molecule has 0 spiro atoms. The number of H-pyrrole nitrogens is 1. The number of pyridine rings is 1. The molecule has 3 rings (SSSR count). The fourth-order valence-electron chi connectivity index (χ4n) is 2.12. The van der Waals surface area contributed by atoms with Gasteiger partial charge < -0.3 is 10.3 Å². The number of hydrogen-bond acceptors (Lipinski definition) is 3. The molecule has 4 heteroatoms. The molecule has 0 aliphatic carbocycles. The third kappa shape index (κ3) is 2.86. The Labute approximate surface area is 122 Å². The fraction of sp³-hybridized carbons (Fsp3) is 0.188. The van der Waals surface area contributed by atoms with Crippen LogP contribution in [0.1, 0.15) is 12.5 Å². The number of aromatic nitrogens is 2. The largest absolute Gasteiger partial charge is 0.349 e. The van der Waals surface area contributed by atoms with Crippen molar-refractivity contribution < 1.29 is 0 Å². The molecule has 2 aromatic heterocycles. The van der Waals surface area contributed by atoms with Gasteiger partial charge in [-0.05, 0) is 30.3 Å².